The fourth-order valence-corrected chi connectivity index (χ4v) is 3.28. The molecule has 2 aromatic rings. The first kappa shape index (κ1) is 16.8. The van der Waals surface area contributed by atoms with Crippen LogP contribution < -0.4 is 10.2 Å². The molecule has 7 heteroatoms. The minimum absolute atomic E-state index is 0.0799. The van der Waals surface area contributed by atoms with Crippen LogP contribution in [0.15, 0.2) is 53.3 Å². The van der Waals surface area contributed by atoms with E-state index in [0.717, 1.165) is 18.8 Å². The number of hydrogen-bond donors (Lipinski definition) is 1. The number of morpholine rings is 1. The predicted molar refractivity (Wildman–Crippen MR) is 98.9 cm³/mol. The highest BCUT2D eigenvalue weighted by molar-refractivity contribution is 6.50. The number of pyridine rings is 1. The summed E-state index contributed by atoms with van der Waals surface area (Å²) in [5.41, 5.74) is 2.20. The molecule has 6 nitrogen and oxygen atoms in total. The van der Waals surface area contributed by atoms with Crippen LogP contribution in [0.3, 0.4) is 0 Å². The van der Waals surface area contributed by atoms with Gasteiger partial charge in [0, 0.05) is 30.7 Å². The molecule has 1 aromatic carbocycles. The molecule has 132 valence electrons. The molecule has 1 N–H and O–H groups in total. The van der Waals surface area contributed by atoms with Crippen LogP contribution in [0.4, 0.5) is 11.4 Å². The number of nitrogens with one attached hydrogen (secondary N) is 1. The second-order valence-corrected chi connectivity index (χ2v) is 6.40. The van der Waals surface area contributed by atoms with Gasteiger partial charge < -0.3 is 15.0 Å². The highest BCUT2D eigenvalue weighted by atomic mass is 35.5. The van der Waals surface area contributed by atoms with Gasteiger partial charge in [0.2, 0.25) is 11.6 Å². The number of allylic oxidation sites excluding steroid dienone is 2. The van der Waals surface area contributed by atoms with Gasteiger partial charge in [0.1, 0.15) is 16.4 Å². The van der Waals surface area contributed by atoms with Crippen LogP contribution in [-0.2, 0) is 4.74 Å². The van der Waals surface area contributed by atoms with E-state index in [-0.39, 0.29) is 27.8 Å². The average Bonchev–Trinajstić information content (AvgIpc) is 2.71. The Morgan fingerprint density at radius 2 is 1.77 bits per heavy atom. The van der Waals surface area contributed by atoms with Crippen LogP contribution >= 0.6 is 11.6 Å². The standard InChI is InChI=1S/C19H16ClN3O3/c20-15-17(18(24)14-2-1-7-21-16(14)19(15)25)22-12-3-5-13(6-4-12)23-8-10-26-11-9-23/h1-7,22H,8-11H2. The zero-order valence-electron chi connectivity index (χ0n) is 13.9. The Morgan fingerprint density at radius 1 is 1.04 bits per heavy atom. The third-order valence-electron chi connectivity index (χ3n) is 4.43. The number of rotatable bonds is 3. The van der Waals surface area contributed by atoms with Crippen molar-refractivity contribution in [3.63, 3.8) is 0 Å². The second-order valence-electron chi connectivity index (χ2n) is 6.02. The van der Waals surface area contributed by atoms with Gasteiger partial charge in [-0.15, -0.1) is 0 Å². The summed E-state index contributed by atoms with van der Waals surface area (Å²) in [5, 5.41) is 2.85. The number of fused-ring (bicyclic) bond motifs is 1. The van der Waals surface area contributed by atoms with Gasteiger partial charge in [-0.3, -0.25) is 14.6 Å². The number of benzene rings is 1. The van der Waals surface area contributed by atoms with Gasteiger partial charge in [-0.1, -0.05) is 11.6 Å². The van der Waals surface area contributed by atoms with E-state index >= 15 is 0 Å². The molecule has 0 saturated carbocycles. The molecule has 2 aliphatic rings. The number of hydrogen-bond acceptors (Lipinski definition) is 6. The minimum atomic E-state index is -0.450. The Hall–Kier alpha value is -2.70. The second kappa shape index (κ2) is 6.90. The van der Waals surface area contributed by atoms with Gasteiger partial charge in [0.25, 0.3) is 0 Å². The van der Waals surface area contributed by atoms with E-state index in [4.69, 9.17) is 16.3 Å². The predicted octanol–water partition coefficient (Wildman–Crippen LogP) is 2.86. The summed E-state index contributed by atoms with van der Waals surface area (Å²) in [6.45, 7) is 3.13. The minimum Gasteiger partial charge on any atom is -0.378 e. The first-order chi connectivity index (χ1) is 12.6. The van der Waals surface area contributed by atoms with Gasteiger partial charge in [-0.2, -0.15) is 0 Å². The molecular weight excluding hydrogens is 354 g/mol. The maximum absolute atomic E-state index is 12.7. The number of nitrogens with zero attached hydrogens (tertiary/aromatic N) is 2. The molecule has 1 aliphatic heterocycles. The largest absolute Gasteiger partial charge is 0.378 e. The zero-order valence-corrected chi connectivity index (χ0v) is 14.6. The summed E-state index contributed by atoms with van der Waals surface area (Å²) in [6, 6.07) is 10.9. The van der Waals surface area contributed by atoms with E-state index in [1.54, 1.807) is 12.1 Å². The number of ketones is 2. The normalized spacial score (nSPS) is 17.3. The van der Waals surface area contributed by atoms with Gasteiger partial charge in [-0.25, -0.2) is 0 Å². The maximum Gasteiger partial charge on any atom is 0.225 e. The first-order valence-electron chi connectivity index (χ1n) is 8.29. The lowest BCUT2D eigenvalue weighted by molar-refractivity contribution is 0.0978. The number of carbonyl (C=O) groups excluding carboxylic acids is 2. The van der Waals surface area contributed by atoms with E-state index < -0.39 is 5.78 Å². The van der Waals surface area contributed by atoms with Crippen molar-refractivity contribution in [2.45, 2.75) is 0 Å². The molecule has 1 aliphatic carbocycles. The lowest BCUT2D eigenvalue weighted by Gasteiger charge is -2.29. The Morgan fingerprint density at radius 3 is 2.50 bits per heavy atom. The van der Waals surface area contributed by atoms with Crippen LogP contribution in [0.5, 0.6) is 0 Å². The van der Waals surface area contributed by atoms with Gasteiger partial charge in [-0.05, 0) is 36.4 Å². The number of ether oxygens (including phenoxy) is 1. The Kier molecular flexibility index (Phi) is 4.44. The van der Waals surface area contributed by atoms with Crippen molar-refractivity contribution in [3.8, 4) is 0 Å². The topological polar surface area (TPSA) is 71.5 Å². The maximum atomic E-state index is 12.7. The lowest BCUT2D eigenvalue weighted by Crippen LogP contribution is -2.36. The summed E-state index contributed by atoms with van der Waals surface area (Å²) in [5.74, 6) is -0.788. The highest BCUT2D eigenvalue weighted by Gasteiger charge is 2.32. The SMILES string of the molecule is O=C1C(Nc2ccc(N3CCOCC3)cc2)=C(Cl)C(=O)c2ncccc21. The molecule has 1 saturated heterocycles. The van der Waals surface area contributed by atoms with Gasteiger partial charge in [0.15, 0.2) is 0 Å². The van der Waals surface area contributed by atoms with Crippen molar-refractivity contribution in [1.82, 2.24) is 4.98 Å². The van der Waals surface area contributed by atoms with Crippen molar-refractivity contribution < 1.29 is 14.3 Å². The molecule has 4 rings (SSSR count). The van der Waals surface area contributed by atoms with E-state index in [0.29, 0.717) is 18.9 Å². The Labute approximate surface area is 155 Å². The lowest BCUT2D eigenvalue weighted by atomic mass is 9.97. The van der Waals surface area contributed by atoms with Crippen molar-refractivity contribution in [2.75, 3.05) is 36.5 Å². The van der Waals surface area contributed by atoms with E-state index in [1.807, 2.05) is 24.3 Å². The number of halogens is 1. The third kappa shape index (κ3) is 2.98. The fourth-order valence-electron chi connectivity index (χ4n) is 3.05. The molecule has 0 unspecified atom stereocenters. The van der Waals surface area contributed by atoms with Gasteiger partial charge in [0.05, 0.1) is 18.8 Å². The number of carbonyl (C=O) groups is 2. The molecule has 1 fully saturated rings. The summed E-state index contributed by atoms with van der Waals surface area (Å²) >= 11 is 6.14. The fraction of sp³-hybridized carbons (Fsp3) is 0.211. The monoisotopic (exact) mass is 369 g/mol. The summed E-state index contributed by atoms with van der Waals surface area (Å²) in [6.07, 6.45) is 1.47. The van der Waals surface area contributed by atoms with Crippen LogP contribution in [-0.4, -0.2) is 42.9 Å². The number of aromatic nitrogens is 1. The van der Waals surface area contributed by atoms with Gasteiger partial charge >= 0.3 is 0 Å². The third-order valence-corrected chi connectivity index (χ3v) is 4.79. The Bertz CT molecular complexity index is 903. The highest BCUT2D eigenvalue weighted by Crippen LogP contribution is 2.29. The van der Waals surface area contributed by atoms with E-state index in [9.17, 15) is 9.59 Å². The van der Waals surface area contributed by atoms with Crippen molar-refractivity contribution in [3.05, 3.63) is 64.6 Å². The van der Waals surface area contributed by atoms with Crippen LogP contribution in [0, 0.1) is 0 Å². The molecular formula is C19H16ClN3O3. The summed E-state index contributed by atoms with van der Waals surface area (Å²) in [4.78, 5) is 31.2. The molecule has 1 aromatic heterocycles. The molecule has 0 spiro atoms. The molecule has 0 bridgehead atoms. The van der Waals surface area contributed by atoms with E-state index in [1.165, 1.54) is 6.20 Å². The molecule has 2 heterocycles. The molecule has 0 radical (unpaired) electrons. The van der Waals surface area contributed by atoms with Crippen molar-refractivity contribution in [1.29, 1.82) is 0 Å². The first-order valence-corrected chi connectivity index (χ1v) is 8.67. The number of Topliss-reactive ketones (excluding diaryl/α,β-unsaturated/α-hetero) is 2. The van der Waals surface area contributed by atoms with Crippen molar-refractivity contribution >= 4 is 34.5 Å². The van der Waals surface area contributed by atoms with Crippen LogP contribution in [0.25, 0.3) is 0 Å². The van der Waals surface area contributed by atoms with E-state index in [2.05, 4.69) is 15.2 Å². The molecule has 26 heavy (non-hydrogen) atoms. The summed E-state index contributed by atoms with van der Waals surface area (Å²) < 4.78 is 5.36. The van der Waals surface area contributed by atoms with Crippen LogP contribution in [0.1, 0.15) is 20.8 Å². The van der Waals surface area contributed by atoms with Crippen LogP contribution in [0.2, 0.25) is 0 Å². The zero-order chi connectivity index (χ0) is 18.1. The number of anilines is 2. The summed E-state index contributed by atoms with van der Waals surface area (Å²) in [7, 11) is 0. The average molecular weight is 370 g/mol. The molecule has 0 amide bonds. The Balaban J connectivity index is 1.58. The quantitative estimate of drug-likeness (QED) is 0.897. The molecule has 0 atom stereocenters. The van der Waals surface area contributed by atoms with Crippen molar-refractivity contribution in [2.24, 2.45) is 0 Å². The smallest absolute Gasteiger partial charge is 0.225 e.